The summed E-state index contributed by atoms with van der Waals surface area (Å²) in [6, 6.07) is 0. The molecule has 28 heavy (non-hydrogen) atoms. The lowest BCUT2D eigenvalue weighted by atomic mass is 10.3. The molecule has 1 N–H and O–H groups in total. The van der Waals surface area contributed by atoms with Gasteiger partial charge in [-0.2, -0.15) is 9.78 Å². The van der Waals surface area contributed by atoms with E-state index >= 15 is 0 Å². The summed E-state index contributed by atoms with van der Waals surface area (Å²) >= 11 is 0. The van der Waals surface area contributed by atoms with Gasteiger partial charge in [0.05, 0.1) is 21.9 Å². The molecule has 0 saturated carbocycles. The van der Waals surface area contributed by atoms with Crippen molar-refractivity contribution in [2.75, 3.05) is 19.4 Å². The SMILES string of the molecule is CCn1ncc(NC(=O)Cn2nc([N+](=O)[O-])c([N+](=O)[O-])c2C)c1C(=O)N(C)C. The Bertz CT molecular complexity index is 959. The molecule has 0 aliphatic rings. The zero-order chi connectivity index (χ0) is 21.2. The molecule has 2 rings (SSSR count). The summed E-state index contributed by atoms with van der Waals surface area (Å²) in [5, 5.41) is 32.1. The highest BCUT2D eigenvalue weighted by molar-refractivity contribution is 6.02. The number of carbonyl (C=O) groups is 2. The summed E-state index contributed by atoms with van der Waals surface area (Å²) in [6.07, 6.45) is 1.30. The highest BCUT2D eigenvalue weighted by Crippen LogP contribution is 2.29. The lowest BCUT2D eigenvalue weighted by Crippen LogP contribution is -2.27. The van der Waals surface area contributed by atoms with Gasteiger partial charge in [-0.3, -0.25) is 24.4 Å². The Hall–Kier alpha value is -3.84. The molecule has 0 atom stereocenters. The maximum absolute atomic E-state index is 12.4. The summed E-state index contributed by atoms with van der Waals surface area (Å²) in [6.45, 7) is 2.90. The molecule has 14 nitrogen and oxygen atoms in total. The number of aromatic nitrogens is 4. The molecule has 0 saturated heterocycles. The van der Waals surface area contributed by atoms with E-state index in [1.165, 1.54) is 22.7 Å². The fraction of sp³-hybridized carbons (Fsp3) is 0.429. The summed E-state index contributed by atoms with van der Waals surface area (Å²) in [5.41, 5.74) is -0.602. The Labute approximate surface area is 158 Å². The van der Waals surface area contributed by atoms with Crippen LogP contribution in [0.2, 0.25) is 0 Å². The van der Waals surface area contributed by atoms with Crippen LogP contribution in [0.5, 0.6) is 0 Å². The molecule has 2 aromatic rings. The van der Waals surface area contributed by atoms with Gasteiger partial charge >= 0.3 is 11.5 Å². The fourth-order valence-corrected chi connectivity index (χ4v) is 2.49. The van der Waals surface area contributed by atoms with Gasteiger partial charge in [0.25, 0.3) is 5.91 Å². The predicted molar refractivity (Wildman–Crippen MR) is 94.8 cm³/mol. The highest BCUT2D eigenvalue weighted by atomic mass is 16.6. The third kappa shape index (κ3) is 3.79. The van der Waals surface area contributed by atoms with Crippen LogP contribution in [-0.2, 0) is 17.9 Å². The first-order valence-electron chi connectivity index (χ1n) is 8.01. The Morgan fingerprint density at radius 1 is 1.21 bits per heavy atom. The van der Waals surface area contributed by atoms with Crippen molar-refractivity contribution in [1.82, 2.24) is 24.5 Å². The largest absolute Gasteiger partial charge is 0.468 e. The molecule has 2 aromatic heterocycles. The number of hydrogen-bond donors (Lipinski definition) is 1. The molecule has 0 aliphatic carbocycles. The predicted octanol–water partition coefficient (Wildman–Crippen LogP) is 0.565. The average Bonchev–Trinajstić information content (AvgIpc) is 3.15. The molecular weight excluding hydrogens is 376 g/mol. The second kappa shape index (κ2) is 7.81. The second-order valence-corrected chi connectivity index (χ2v) is 5.90. The first-order valence-corrected chi connectivity index (χ1v) is 8.01. The van der Waals surface area contributed by atoms with Gasteiger partial charge in [-0.05, 0) is 18.8 Å². The molecule has 2 heterocycles. The summed E-state index contributed by atoms with van der Waals surface area (Å²) in [5.74, 6) is -2.01. The zero-order valence-electron chi connectivity index (χ0n) is 15.6. The minimum Gasteiger partial charge on any atom is -0.358 e. The van der Waals surface area contributed by atoms with Gasteiger partial charge in [-0.15, -0.1) is 0 Å². The van der Waals surface area contributed by atoms with E-state index in [2.05, 4.69) is 15.5 Å². The summed E-state index contributed by atoms with van der Waals surface area (Å²) < 4.78 is 2.27. The van der Waals surface area contributed by atoms with Gasteiger partial charge in [0.15, 0.2) is 0 Å². The fourth-order valence-electron chi connectivity index (χ4n) is 2.49. The molecule has 0 spiro atoms. The number of anilines is 1. The number of carbonyl (C=O) groups excluding carboxylic acids is 2. The third-order valence-corrected chi connectivity index (χ3v) is 3.83. The minimum absolute atomic E-state index is 0.138. The molecule has 150 valence electrons. The average molecular weight is 394 g/mol. The van der Waals surface area contributed by atoms with Crippen molar-refractivity contribution in [1.29, 1.82) is 0 Å². The zero-order valence-corrected chi connectivity index (χ0v) is 15.6. The summed E-state index contributed by atoms with van der Waals surface area (Å²) in [4.78, 5) is 46.1. The van der Waals surface area contributed by atoms with Crippen molar-refractivity contribution >= 4 is 29.0 Å². The highest BCUT2D eigenvalue weighted by Gasteiger charge is 2.36. The molecular formula is C14H18N8O6. The van der Waals surface area contributed by atoms with E-state index in [-0.39, 0.29) is 23.0 Å². The van der Waals surface area contributed by atoms with E-state index in [0.29, 0.717) is 6.54 Å². The van der Waals surface area contributed by atoms with Crippen LogP contribution in [0.4, 0.5) is 17.2 Å². The number of aryl methyl sites for hydroxylation is 1. The smallest absolute Gasteiger partial charge is 0.358 e. The van der Waals surface area contributed by atoms with E-state index in [1.807, 2.05) is 0 Å². The molecule has 2 amide bonds. The second-order valence-electron chi connectivity index (χ2n) is 5.90. The number of hydrogen-bond acceptors (Lipinski definition) is 8. The van der Waals surface area contributed by atoms with Crippen molar-refractivity contribution in [2.24, 2.45) is 0 Å². The van der Waals surface area contributed by atoms with Crippen molar-refractivity contribution in [3.8, 4) is 0 Å². The maximum atomic E-state index is 12.4. The third-order valence-electron chi connectivity index (χ3n) is 3.83. The number of amides is 2. The quantitative estimate of drug-likeness (QED) is 0.524. The van der Waals surface area contributed by atoms with Crippen LogP contribution in [0.15, 0.2) is 6.20 Å². The number of nitrogens with one attached hydrogen (secondary N) is 1. The Balaban J connectivity index is 2.30. The lowest BCUT2D eigenvalue weighted by molar-refractivity contribution is -0.424. The van der Waals surface area contributed by atoms with Crippen molar-refractivity contribution in [2.45, 2.75) is 26.9 Å². The van der Waals surface area contributed by atoms with Gasteiger partial charge in [-0.1, -0.05) is 0 Å². The number of nitro groups is 2. The normalized spacial score (nSPS) is 10.6. The molecule has 0 bridgehead atoms. The van der Waals surface area contributed by atoms with E-state index in [9.17, 15) is 29.8 Å². The molecule has 0 fully saturated rings. The number of nitrogens with zero attached hydrogens (tertiary/aromatic N) is 7. The van der Waals surface area contributed by atoms with Crippen LogP contribution in [0, 0.1) is 27.2 Å². The summed E-state index contributed by atoms with van der Waals surface area (Å²) in [7, 11) is 3.10. The topological polar surface area (TPSA) is 171 Å². The van der Waals surface area contributed by atoms with E-state index in [1.54, 1.807) is 21.0 Å². The Morgan fingerprint density at radius 3 is 2.32 bits per heavy atom. The number of rotatable bonds is 7. The first kappa shape index (κ1) is 20.5. The monoisotopic (exact) mass is 394 g/mol. The van der Waals surface area contributed by atoms with Crippen LogP contribution >= 0.6 is 0 Å². The van der Waals surface area contributed by atoms with Gasteiger partial charge in [-0.25, -0.2) is 0 Å². The van der Waals surface area contributed by atoms with Crippen molar-refractivity contribution < 1.29 is 19.4 Å². The Morgan fingerprint density at radius 2 is 1.86 bits per heavy atom. The van der Waals surface area contributed by atoms with Crippen LogP contribution in [0.25, 0.3) is 0 Å². The van der Waals surface area contributed by atoms with Crippen LogP contribution < -0.4 is 5.32 Å². The van der Waals surface area contributed by atoms with E-state index < -0.39 is 33.8 Å². The standard InChI is InChI=1S/C14H18N8O6/c1-5-19-12(14(24)18(3)4)9(6-15-19)16-10(23)7-20-8(2)11(21(25)26)13(17-20)22(27)28/h6H,5,7H2,1-4H3,(H,16,23). The van der Waals surface area contributed by atoms with Gasteiger partial charge in [0.1, 0.15) is 17.9 Å². The molecule has 14 heteroatoms. The van der Waals surface area contributed by atoms with Gasteiger partial charge in [0.2, 0.25) is 5.91 Å². The van der Waals surface area contributed by atoms with E-state index in [4.69, 9.17) is 0 Å². The van der Waals surface area contributed by atoms with Crippen LogP contribution in [0.1, 0.15) is 23.1 Å². The Kier molecular flexibility index (Phi) is 5.71. The van der Waals surface area contributed by atoms with Crippen LogP contribution in [-0.4, -0.2) is 60.2 Å². The first-order chi connectivity index (χ1) is 13.1. The molecule has 0 aromatic carbocycles. The van der Waals surface area contributed by atoms with Gasteiger partial charge in [0, 0.05) is 20.6 Å². The molecule has 0 unspecified atom stereocenters. The maximum Gasteiger partial charge on any atom is 0.468 e. The minimum atomic E-state index is -0.987. The van der Waals surface area contributed by atoms with Gasteiger partial charge < -0.3 is 20.3 Å². The van der Waals surface area contributed by atoms with Crippen LogP contribution in [0.3, 0.4) is 0 Å². The lowest BCUT2D eigenvalue weighted by Gasteiger charge is -2.13. The molecule has 0 radical (unpaired) electrons. The van der Waals surface area contributed by atoms with Crippen molar-refractivity contribution in [3.63, 3.8) is 0 Å². The molecule has 0 aliphatic heterocycles. The van der Waals surface area contributed by atoms with E-state index in [0.717, 1.165) is 4.68 Å². The van der Waals surface area contributed by atoms with Crippen molar-refractivity contribution in [3.05, 3.63) is 37.8 Å².